The number of rotatable bonds is 5. The summed E-state index contributed by atoms with van der Waals surface area (Å²) in [5.74, 6) is 0.946. The molecule has 3 heterocycles. The lowest BCUT2D eigenvalue weighted by atomic mass is 10.1. The lowest BCUT2D eigenvalue weighted by Crippen LogP contribution is -2.34. The van der Waals surface area contributed by atoms with Crippen molar-refractivity contribution in [3.05, 3.63) is 42.0 Å². The van der Waals surface area contributed by atoms with Gasteiger partial charge in [0.05, 0.1) is 11.3 Å². The second-order valence-corrected chi connectivity index (χ2v) is 5.66. The summed E-state index contributed by atoms with van der Waals surface area (Å²) in [5, 5.41) is 7.43. The molecule has 0 spiro atoms. The van der Waals surface area contributed by atoms with Crippen LogP contribution in [0.1, 0.15) is 31.0 Å². The fraction of sp³-hybridized carbons (Fsp3) is 0.412. The third-order valence-corrected chi connectivity index (χ3v) is 3.86. The lowest BCUT2D eigenvalue weighted by Gasteiger charge is -2.23. The first-order chi connectivity index (χ1) is 11.7. The van der Waals surface area contributed by atoms with Crippen LogP contribution in [0.4, 0.5) is 0 Å². The molecule has 3 rings (SSSR count). The zero-order chi connectivity index (χ0) is 16.8. The van der Waals surface area contributed by atoms with Gasteiger partial charge in [0.1, 0.15) is 18.1 Å². The van der Waals surface area contributed by atoms with Crippen LogP contribution in [0, 0.1) is 6.92 Å². The zero-order valence-electron chi connectivity index (χ0n) is 13.9. The van der Waals surface area contributed by atoms with E-state index in [1.165, 1.54) is 6.33 Å². The molecule has 2 aromatic rings. The van der Waals surface area contributed by atoms with Gasteiger partial charge in [0.15, 0.2) is 0 Å². The average molecular weight is 327 g/mol. The molecule has 0 unspecified atom stereocenters. The summed E-state index contributed by atoms with van der Waals surface area (Å²) in [4.78, 5) is 18.1. The fourth-order valence-electron chi connectivity index (χ4n) is 2.44. The first-order valence-corrected chi connectivity index (χ1v) is 8.06. The minimum absolute atomic E-state index is 0.173. The van der Waals surface area contributed by atoms with Crippen molar-refractivity contribution in [1.82, 2.24) is 20.3 Å². The number of nitrogens with one attached hydrogen (secondary N) is 1. The Bertz CT molecular complexity index is 699. The van der Waals surface area contributed by atoms with Gasteiger partial charge in [-0.3, -0.25) is 4.98 Å². The van der Waals surface area contributed by atoms with Gasteiger partial charge in [-0.25, -0.2) is 4.98 Å². The lowest BCUT2D eigenvalue weighted by molar-refractivity contribution is 0.153. The molecule has 0 bridgehead atoms. The number of ether oxygens (including phenoxy) is 1. The first-order valence-electron chi connectivity index (χ1n) is 8.06. The number of pyridine rings is 1. The number of nitrogens with zero attached hydrogens (tertiary/aromatic N) is 4. The van der Waals surface area contributed by atoms with Gasteiger partial charge < -0.3 is 14.9 Å². The van der Waals surface area contributed by atoms with Crippen molar-refractivity contribution in [3.8, 4) is 11.8 Å². The molecular formula is C17H21N5O2. The summed E-state index contributed by atoms with van der Waals surface area (Å²) in [7, 11) is 0. The largest absolute Gasteiger partial charge is 0.474 e. The van der Waals surface area contributed by atoms with Gasteiger partial charge in [-0.05, 0) is 51.9 Å². The molecule has 126 valence electrons. The molecule has 1 aliphatic rings. The molecule has 0 aromatic carbocycles. The molecule has 0 saturated carbocycles. The van der Waals surface area contributed by atoms with E-state index in [9.17, 15) is 0 Å². The molecule has 0 aliphatic carbocycles. The van der Waals surface area contributed by atoms with E-state index < -0.39 is 0 Å². The van der Waals surface area contributed by atoms with E-state index in [0.717, 1.165) is 37.2 Å². The zero-order valence-corrected chi connectivity index (χ0v) is 13.9. The third kappa shape index (κ3) is 4.05. The Morgan fingerprint density at radius 3 is 2.71 bits per heavy atom. The Balaban J connectivity index is 1.71. The molecule has 0 amide bonds. The van der Waals surface area contributed by atoms with Crippen LogP contribution in [0.25, 0.3) is 0 Å². The molecule has 24 heavy (non-hydrogen) atoms. The Morgan fingerprint density at radius 1 is 1.17 bits per heavy atom. The number of piperidine rings is 1. The Morgan fingerprint density at radius 2 is 1.96 bits per heavy atom. The standard InChI is InChI=1S/C17H21N5O2/c1-12-16(23-14-6-9-18-10-7-14)20-11-21-17(12)24-22-13(2)15-5-3-4-8-19-15/h3-5,8,11,14,18H,6-7,9-10H2,1-2H3. The van der Waals surface area contributed by atoms with Crippen LogP contribution in [0.5, 0.6) is 11.8 Å². The smallest absolute Gasteiger partial charge is 0.258 e. The summed E-state index contributed by atoms with van der Waals surface area (Å²) in [6, 6.07) is 5.64. The summed E-state index contributed by atoms with van der Waals surface area (Å²) >= 11 is 0. The van der Waals surface area contributed by atoms with Gasteiger partial charge in [-0.1, -0.05) is 11.2 Å². The summed E-state index contributed by atoms with van der Waals surface area (Å²) < 4.78 is 5.99. The van der Waals surface area contributed by atoms with Crippen molar-refractivity contribution in [2.24, 2.45) is 5.16 Å². The summed E-state index contributed by atoms with van der Waals surface area (Å²) in [6.07, 6.45) is 5.26. The Kier molecular flexibility index (Phi) is 5.32. The molecule has 0 radical (unpaired) electrons. The van der Waals surface area contributed by atoms with E-state index in [1.807, 2.05) is 32.0 Å². The van der Waals surface area contributed by atoms with Crippen LogP contribution in [-0.2, 0) is 0 Å². The molecule has 1 N–H and O–H groups in total. The second-order valence-electron chi connectivity index (χ2n) is 5.66. The second kappa shape index (κ2) is 7.83. The van der Waals surface area contributed by atoms with Gasteiger partial charge in [0, 0.05) is 6.20 Å². The van der Waals surface area contributed by atoms with Crippen LogP contribution in [0.3, 0.4) is 0 Å². The van der Waals surface area contributed by atoms with Crippen molar-refractivity contribution >= 4 is 5.71 Å². The predicted octanol–water partition coefficient (Wildman–Crippen LogP) is 2.11. The van der Waals surface area contributed by atoms with Crippen LogP contribution in [0.2, 0.25) is 0 Å². The SMILES string of the molecule is CC(=NOc1ncnc(OC2CCNCC2)c1C)c1ccccn1. The molecule has 1 saturated heterocycles. The maximum atomic E-state index is 5.99. The van der Waals surface area contributed by atoms with E-state index in [2.05, 4.69) is 25.4 Å². The van der Waals surface area contributed by atoms with Crippen molar-refractivity contribution in [1.29, 1.82) is 0 Å². The van der Waals surface area contributed by atoms with Crippen LogP contribution >= 0.6 is 0 Å². The summed E-state index contributed by atoms with van der Waals surface area (Å²) in [5.41, 5.74) is 2.18. The Labute approximate surface area is 141 Å². The fourth-order valence-corrected chi connectivity index (χ4v) is 2.44. The van der Waals surface area contributed by atoms with Gasteiger partial charge >= 0.3 is 0 Å². The van der Waals surface area contributed by atoms with E-state index in [1.54, 1.807) is 6.20 Å². The van der Waals surface area contributed by atoms with Gasteiger partial charge in [-0.2, -0.15) is 4.98 Å². The third-order valence-electron chi connectivity index (χ3n) is 3.86. The monoisotopic (exact) mass is 327 g/mol. The average Bonchev–Trinajstić information content (AvgIpc) is 2.64. The number of hydrogen-bond donors (Lipinski definition) is 1. The first kappa shape index (κ1) is 16.3. The van der Waals surface area contributed by atoms with Crippen molar-refractivity contribution in [3.63, 3.8) is 0 Å². The summed E-state index contributed by atoms with van der Waals surface area (Å²) in [6.45, 7) is 5.64. The molecule has 7 heteroatoms. The van der Waals surface area contributed by atoms with E-state index in [4.69, 9.17) is 9.57 Å². The van der Waals surface area contributed by atoms with Crippen LogP contribution < -0.4 is 14.9 Å². The highest BCUT2D eigenvalue weighted by atomic mass is 16.6. The molecule has 2 aromatic heterocycles. The van der Waals surface area contributed by atoms with E-state index >= 15 is 0 Å². The maximum absolute atomic E-state index is 5.99. The van der Waals surface area contributed by atoms with Crippen molar-refractivity contribution in [2.45, 2.75) is 32.8 Å². The number of hydrogen-bond acceptors (Lipinski definition) is 7. The maximum Gasteiger partial charge on any atom is 0.258 e. The molecule has 1 fully saturated rings. The normalized spacial score (nSPS) is 16.0. The van der Waals surface area contributed by atoms with Gasteiger partial charge in [0.25, 0.3) is 5.88 Å². The minimum Gasteiger partial charge on any atom is -0.474 e. The van der Waals surface area contributed by atoms with Crippen molar-refractivity contribution < 1.29 is 9.57 Å². The van der Waals surface area contributed by atoms with Crippen LogP contribution in [-0.4, -0.2) is 39.9 Å². The van der Waals surface area contributed by atoms with Crippen molar-refractivity contribution in [2.75, 3.05) is 13.1 Å². The quantitative estimate of drug-likeness (QED) is 0.669. The minimum atomic E-state index is 0.173. The highest BCUT2D eigenvalue weighted by molar-refractivity contribution is 5.96. The van der Waals surface area contributed by atoms with Crippen LogP contribution in [0.15, 0.2) is 35.9 Å². The van der Waals surface area contributed by atoms with Gasteiger partial charge in [-0.15, -0.1) is 0 Å². The molecule has 0 atom stereocenters. The Hall–Kier alpha value is -2.54. The molecular weight excluding hydrogens is 306 g/mol. The topological polar surface area (TPSA) is 81.5 Å². The van der Waals surface area contributed by atoms with Gasteiger partial charge in [0.2, 0.25) is 5.88 Å². The predicted molar refractivity (Wildman–Crippen MR) is 90.4 cm³/mol. The number of oxime groups is 1. The van der Waals surface area contributed by atoms with E-state index in [0.29, 0.717) is 17.5 Å². The molecule has 7 nitrogen and oxygen atoms in total. The highest BCUT2D eigenvalue weighted by Gasteiger charge is 2.18. The highest BCUT2D eigenvalue weighted by Crippen LogP contribution is 2.25. The molecule has 1 aliphatic heterocycles. The number of aromatic nitrogens is 3. The van der Waals surface area contributed by atoms with E-state index in [-0.39, 0.29) is 6.10 Å².